The van der Waals surface area contributed by atoms with Crippen LogP contribution in [-0.4, -0.2) is 51.7 Å². The third kappa shape index (κ3) is 3.18. The van der Waals surface area contributed by atoms with Gasteiger partial charge in [-0.25, -0.2) is 9.78 Å². The second-order valence-electron chi connectivity index (χ2n) is 8.02. The van der Waals surface area contributed by atoms with E-state index in [1.807, 2.05) is 37.8 Å². The van der Waals surface area contributed by atoms with Gasteiger partial charge in [0.15, 0.2) is 0 Å². The molecular formula is C19H23ClN4O2. The van der Waals surface area contributed by atoms with Gasteiger partial charge in [0, 0.05) is 30.7 Å². The Balaban J connectivity index is 1.61. The van der Waals surface area contributed by atoms with Crippen LogP contribution in [-0.2, 0) is 4.74 Å². The fraction of sp³-hybridized carbons (Fsp3) is 0.526. The molecule has 0 N–H and O–H groups in total. The molecule has 2 saturated heterocycles. The molecule has 0 spiro atoms. The normalized spacial score (nSPS) is 22.8. The number of ether oxygens (including phenoxy) is 1. The molecule has 0 aromatic carbocycles. The standard InChI is InChI=1S/C19H23ClN4O2/c1-19(2,3)26-18(25)24-12-6-7-13(24)11-23(10-12)17-14-5-4-8-21-15(14)9-16(20)22-17/h4-5,8-9,12-13H,6-7,10-11H2,1-3H3. The molecule has 2 aliphatic heterocycles. The zero-order valence-corrected chi connectivity index (χ0v) is 16.0. The highest BCUT2D eigenvalue weighted by Gasteiger charge is 2.44. The third-order valence-electron chi connectivity index (χ3n) is 4.93. The molecule has 4 heterocycles. The van der Waals surface area contributed by atoms with E-state index in [2.05, 4.69) is 14.9 Å². The Morgan fingerprint density at radius 2 is 1.96 bits per heavy atom. The molecule has 2 fully saturated rings. The number of fused-ring (bicyclic) bond motifs is 3. The number of nitrogens with zero attached hydrogens (tertiary/aromatic N) is 4. The minimum Gasteiger partial charge on any atom is -0.444 e. The molecule has 2 aromatic heterocycles. The van der Waals surface area contributed by atoms with Crippen molar-refractivity contribution in [3.63, 3.8) is 0 Å². The summed E-state index contributed by atoms with van der Waals surface area (Å²) in [6.07, 6.45) is 3.51. The molecule has 0 saturated carbocycles. The number of carbonyl (C=O) groups excluding carboxylic acids is 1. The summed E-state index contributed by atoms with van der Waals surface area (Å²) in [5.41, 5.74) is 0.355. The van der Waals surface area contributed by atoms with E-state index in [1.54, 1.807) is 12.3 Å². The molecule has 7 heteroatoms. The van der Waals surface area contributed by atoms with Gasteiger partial charge in [0.05, 0.1) is 17.6 Å². The van der Waals surface area contributed by atoms with Crippen molar-refractivity contribution in [3.05, 3.63) is 29.5 Å². The number of hydrogen-bond acceptors (Lipinski definition) is 5. The van der Waals surface area contributed by atoms with Crippen LogP contribution in [0.3, 0.4) is 0 Å². The lowest BCUT2D eigenvalue weighted by molar-refractivity contribution is 0.0123. The van der Waals surface area contributed by atoms with Gasteiger partial charge in [-0.1, -0.05) is 11.6 Å². The second kappa shape index (κ2) is 6.27. The number of piperazine rings is 1. The van der Waals surface area contributed by atoms with Crippen molar-refractivity contribution < 1.29 is 9.53 Å². The van der Waals surface area contributed by atoms with Crippen molar-refractivity contribution in [2.45, 2.75) is 51.3 Å². The number of aromatic nitrogens is 2. The number of rotatable bonds is 1. The molecule has 0 radical (unpaired) electrons. The lowest BCUT2D eigenvalue weighted by Crippen LogP contribution is -2.57. The minimum absolute atomic E-state index is 0.135. The van der Waals surface area contributed by atoms with Gasteiger partial charge in [-0.05, 0) is 45.7 Å². The van der Waals surface area contributed by atoms with Gasteiger partial charge >= 0.3 is 6.09 Å². The van der Waals surface area contributed by atoms with E-state index in [4.69, 9.17) is 16.3 Å². The Hall–Kier alpha value is -2.08. The molecule has 2 aromatic rings. The summed E-state index contributed by atoms with van der Waals surface area (Å²) in [6.45, 7) is 7.16. The van der Waals surface area contributed by atoms with Crippen LogP contribution >= 0.6 is 11.6 Å². The SMILES string of the molecule is CC(C)(C)OC(=O)N1C2CCC1CN(c1nc(Cl)cc3ncccc13)C2. The highest BCUT2D eigenvalue weighted by Crippen LogP contribution is 2.35. The molecule has 6 nitrogen and oxygen atoms in total. The first-order valence-electron chi connectivity index (χ1n) is 8.99. The lowest BCUT2D eigenvalue weighted by atomic mass is 10.1. The zero-order chi connectivity index (χ0) is 18.5. The quantitative estimate of drug-likeness (QED) is 0.709. The molecule has 1 amide bonds. The summed E-state index contributed by atoms with van der Waals surface area (Å²) < 4.78 is 5.61. The van der Waals surface area contributed by atoms with Crippen LogP contribution in [0, 0.1) is 0 Å². The molecule has 2 atom stereocenters. The Bertz CT molecular complexity index is 837. The predicted octanol–water partition coefficient (Wildman–Crippen LogP) is 3.87. The fourth-order valence-electron chi connectivity index (χ4n) is 3.96. The number of carbonyl (C=O) groups is 1. The van der Waals surface area contributed by atoms with Crippen molar-refractivity contribution in [1.29, 1.82) is 0 Å². The Kier molecular flexibility index (Phi) is 4.18. The average Bonchev–Trinajstić information content (AvgIpc) is 2.83. The summed E-state index contributed by atoms with van der Waals surface area (Å²) in [7, 11) is 0. The van der Waals surface area contributed by atoms with Crippen molar-refractivity contribution in [2.75, 3.05) is 18.0 Å². The highest BCUT2D eigenvalue weighted by molar-refractivity contribution is 6.30. The maximum absolute atomic E-state index is 12.6. The Morgan fingerprint density at radius 1 is 1.27 bits per heavy atom. The zero-order valence-electron chi connectivity index (χ0n) is 15.3. The monoisotopic (exact) mass is 374 g/mol. The van der Waals surface area contributed by atoms with E-state index in [1.165, 1.54) is 0 Å². The molecule has 138 valence electrons. The van der Waals surface area contributed by atoms with Crippen LogP contribution in [0.4, 0.5) is 10.6 Å². The summed E-state index contributed by atoms with van der Waals surface area (Å²) >= 11 is 6.22. The van der Waals surface area contributed by atoms with E-state index < -0.39 is 5.60 Å². The Labute approximate surface area is 158 Å². The van der Waals surface area contributed by atoms with E-state index in [-0.39, 0.29) is 18.2 Å². The summed E-state index contributed by atoms with van der Waals surface area (Å²) in [4.78, 5) is 25.7. The van der Waals surface area contributed by atoms with Crippen LogP contribution in [0.15, 0.2) is 24.4 Å². The first-order chi connectivity index (χ1) is 12.3. The molecule has 2 aliphatic rings. The third-order valence-corrected chi connectivity index (χ3v) is 5.13. The fourth-order valence-corrected chi connectivity index (χ4v) is 4.14. The summed E-state index contributed by atoms with van der Waals surface area (Å²) in [5, 5.41) is 1.43. The average molecular weight is 375 g/mol. The first-order valence-corrected chi connectivity index (χ1v) is 9.37. The number of hydrogen-bond donors (Lipinski definition) is 0. The lowest BCUT2D eigenvalue weighted by Gasteiger charge is -2.42. The van der Waals surface area contributed by atoms with Crippen LogP contribution < -0.4 is 4.90 Å². The first kappa shape index (κ1) is 17.3. The second-order valence-corrected chi connectivity index (χ2v) is 8.40. The van der Waals surface area contributed by atoms with Gasteiger partial charge in [-0.2, -0.15) is 0 Å². The van der Waals surface area contributed by atoms with Gasteiger partial charge in [-0.3, -0.25) is 9.88 Å². The molecule has 26 heavy (non-hydrogen) atoms. The topological polar surface area (TPSA) is 58.6 Å². The smallest absolute Gasteiger partial charge is 0.410 e. The molecule has 4 rings (SSSR count). The van der Waals surface area contributed by atoms with Crippen molar-refractivity contribution in [2.24, 2.45) is 0 Å². The molecule has 0 aliphatic carbocycles. The summed E-state index contributed by atoms with van der Waals surface area (Å²) in [6, 6.07) is 5.98. The number of amides is 1. The predicted molar refractivity (Wildman–Crippen MR) is 102 cm³/mol. The van der Waals surface area contributed by atoms with Crippen LogP contribution in [0.2, 0.25) is 5.15 Å². The minimum atomic E-state index is -0.482. The van der Waals surface area contributed by atoms with Gasteiger partial charge in [0.2, 0.25) is 0 Å². The van der Waals surface area contributed by atoms with Gasteiger partial charge in [0.1, 0.15) is 16.6 Å². The summed E-state index contributed by atoms with van der Waals surface area (Å²) in [5.74, 6) is 0.848. The van der Waals surface area contributed by atoms with Crippen LogP contribution in [0.1, 0.15) is 33.6 Å². The van der Waals surface area contributed by atoms with Gasteiger partial charge in [-0.15, -0.1) is 0 Å². The van der Waals surface area contributed by atoms with Crippen LogP contribution in [0.25, 0.3) is 10.9 Å². The van der Waals surface area contributed by atoms with E-state index in [0.29, 0.717) is 5.15 Å². The number of pyridine rings is 2. The van der Waals surface area contributed by atoms with E-state index in [0.717, 1.165) is 42.7 Å². The van der Waals surface area contributed by atoms with Gasteiger partial charge < -0.3 is 9.64 Å². The van der Waals surface area contributed by atoms with Crippen LogP contribution in [0.5, 0.6) is 0 Å². The Morgan fingerprint density at radius 3 is 2.62 bits per heavy atom. The maximum Gasteiger partial charge on any atom is 0.410 e. The highest BCUT2D eigenvalue weighted by atomic mass is 35.5. The van der Waals surface area contributed by atoms with Crippen molar-refractivity contribution in [3.8, 4) is 0 Å². The molecular weight excluding hydrogens is 352 g/mol. The van der Waals surface area contributed by atoms with Crippen molar-refractivity contribution in [1.82, 2.24) is 14.9 Å². The maximum atomic E-state index is 12.6. The van der Waals surface area contributed by atoms with E-state index in [9.17, 15) is 4.79 Å². The number of halogens is 1. The largest absolute Gasteiger partial charge is 0.444 e. The van der Waals surface area contributed by atoms with Gasteiger partial charge in [0.25, 0.3) is 0 Å². The number of anilines is 1. The molecule has 2 bridgehead atoms. The van der Waals surface area contributed by atoms with E-state index >= 15 is 0 Å². The molecule has 2 unspecified atom stereocenters. The van der Waals surface area contributed by atoms with Crippen molar-refractivity contribution >= 4 is 34.4 Å².